The maximum absolute atomic E-state index is 13.3. The van der Waals surface area contributed by atoms with Crippen molar-refractivity contribution in [2.24, 2.45) is 0 Å². The largest absolute Gasteiger partial charge is 0.475 e. The molecular formula is C25H30ClN5O4S. The molecule has 1 spiro atoms. The summed E-state index contributed by atoms with van der Waals surface area (Å²) < 4.78 is 32.2. The van der Waals surface area contributed by atoms with Crippen LogP contribution in [0.15, 0.2) is 36.7 Å². The Morgan fingerprint density at radius 3 is 2.56 bits per heavy atom. The summed E-state index contributed by atoms with van der Waals surface area (Å²) >= 11 is 0. The Bertz CT molecular complexity index is 1430. The molecule has 3 aromatic rings. The van der Waals surface area contributed by atoms with Crippen LogP contribution in [0.2, 0.25) is 0 Å². The van der Waals surface area contributed by atoms with Gasteiger partial charge in [0.2, 0.25) is 21.8 Å². The highest BCUT2D eigenvalue weighted by atomic mass is 35.5. The number of pyridine rings is 2. The second-order valence-electron chi connectivity index (χ2n) is 9.14. The number of amides is 1. The Kier molecular flexibility index (Phi) is 7.14. The number of likely N-dealkylation sites (N-methyl/N-ethyl adjacent to an activating group) is 2. The minimum atomic E-state index is -3.54. The molecule has 11 heteroatoms. The number of halogens is 1. The summed E-state index contributed by atoms with van der Waals surface area (Å²) in [5.41, 5.74) is 4.20. The number of carbonyl (C=O) groups excluding carboxylic acids is 1. The van der Waals surface area contributed by atoms with Gasteiger partial charge in [-0.1, -0.05) is 12.5 Å². The second kappa shape index (κ2) is 9.84. The van der Waals surface area contributed by atoms with Crippen LogP contribution in [0.3, 0.4) is 0 Å². The van der Waals surface area contributed by atoms with Crippen molar-refractivity contribution in [1.29, 1.82) is 0 Å². The van der Waals surface area contributed by atoms with Crippen LogP contribution >= 0.6 is 12.4 Å². The van der Waals surface area contributed by atoms with E-state index in [1.807, 2.05) is 43.3 Å². The molecule has 1 fully saturated rings. The summed E-state index contributed by atoms with van der Waals surface area (Å²) in [5, 5.41) is 3.94. The van der Waals surface area contributed by atoms with E-state index in [9.17, 15) is 13.2 Å². The van der Waals surface area contributed by atoms with Crippen LogP contribution in [0, 0.1) is 0 Å². The molecule has 1 aliphatic heterocycles. The number of anilines is 2. The quantitative estimate of drug-likeness (QED) is 0.428. The van der Waals surface area contributed by atoms with Crippen LogP contribution in [-0.2, 0) is 20.2 Å². The van der Waals surface area contributed by atoms with E-state index in [2.05, 4.69) is 20.0 Å². The van der Waals surface area contributed by atoms with Gasteiger partial charge >= 0.3 is 0 Å². The Labute approximate surface area is 217 Å². The number of nitrogens with zero attached hydrogens (tertiary/aromatic N) is 3. The van der Waals surface area contributed by atoms with Gasteiger partial charge in [0.05, 0.1) is 29.1 Å². The van der Waals surface area contributed by atoms with Gasteiger partial charge < -0.3 is 15.0 Å². The molecule has 2 N–H and O–H groups in total. The first-order valence-electron chi connectivity index (χ1n) is 11.8. The maximum atomic E-state index is 13.3. The molecule has 0 atom stereocenters. The summed E-state index contributed by atoms with van der Waals surface area (Å²) in [6.45, 7) is 3.54. The number of ether oxygens (including phenoxy) is 1. The lowest BCUT2D eigenvalue weighted by atomic mass is 9.64. The van der Waals surface area contributed by atoms with Crippen LogP contribution in [0.25, 0.3) is 22.0 Å². The Morgan fingerprint density at radius 2 is 1.92 bits per heavy atom. The van der Waals surface area contributed by atoms with E-state index in [0.29, 0.717) is 19.7 Å². The topological polar surface area (TPSA) is 114 Å². The van der Waals surface area contributed by atoms with E-state index in [-0.39, 0.29) is 29.9 Å². The van der Waals surface area contributed by atoms with Crippen molar-refractivity contribution < 1.29 is 17.9 Å². The lowest BCUT2D eigenvalue weighted by molar-refractivity contribution is -0.125. The van der Waals surface area contributed by atoms with Crippen molar-refractivity contribution in [2.45, 2.75) is 31.6 Å². The molecule has 1 saturated carbocycles. The van der Waals surface area contributed by atoms with Crippen LogP contribution in [0.1, 0.15) is 31.7 Å². The molecule has 0 radical (unpaired) electrons. The molecule has 3 heterocycles. The Hall–Kier alpha value is -2.95. The predicted molar refractivity (Wildman–Crippen MR) is 144 cm³/mol. The molecule has 0 unspecified atom stereocenters. The lowest BCUT2D eigenvalue weighted by Gasteiger charge is -2.37. The number of fused-ring (bicyclic) bond motifs is 4. The van der Waals surface area contributed by atoms with Crippen molar-refractivity contribution in [3.63, 3.8) is 0 Å². The van der Waals surface area contributed by atoms with Gasteiger partial charge in [-0.3, -0.25) is 14.5 Å². The van der Waals surface area contributed by atoms with Crippen molar-refractivity contribution >= 4 is 50.6 Å². The minimum absolute atomic E-state index is 0. The molecule has 9 nitrogen and oxygen atoms in total. The number of hydrogen-bond donors (Lipinski definition) is 2. The van der Waals surface area contributed by atoms with Crippen LogP contribution in [0.4, 0.5) is 11.4 Å². The first kappa shape index (κ1) is 26.1. The van der Waals surface area contributed by atoms with Crippen molar-refractivity contribution in [1.82, 2.24) is 15.3 Å². The number of benzene rings is 1. The number of nitrogens with one attached hydrogen (secondary N) is 2. The van der Waals surface area contributed by atoms with E-state index >= 15 is 0 Å². The highest BCUT2D eigenvalue weighted by Crippen LogP contribution is 2.55. The number of sulfonamides is 1. The average Bonchev–Trinajstić information content (AvgIpc) is 3.07. The van der Waals surface area contributed by atoms with E-state index in [1.165, 1.54) is 0 Å². The molecule has 1 aromatic carbocycles. The predicted octanol–water partition coefficient (Wildman–Crippen LogP) is 3.48. The zero-order chi connectivity index (χ0) is 24.8. The molecule has 0 bridgehead atoms. The van der Waals surface area contributed by atoms with Crippen molar-refractivity contribution in [3.05, 3.63) is 42.2 Å². The number of aromatic nitrogens is 2. The van der Waals surface area contributed by atoms with Gasteiger partial charge in [0.25, 0.3) is 0 Å². The first-order chi connectivity index (χ1) is 16.8. The minimum Gasteiger partial charge on any atom is -0.475 e. The van der Waals surface area contributed by atoms with Gasteiger partial charge in [-0.15, -0.1) is 12.4 Å². The number of rotatable bonds is 8. The molecule has 1 aliphatic carbocycles. The Morgan fingerprint density at radius 1 is 1.14 bits per heavy atom. The lowest BCUT2D eigenvalue weighted by Crippen LogP contribution is -2.45. The van der Waals surface area contributed by atoms with Gasteiger partial charge in [-0.2, -0.15) is 0 Å². The van der Waals surface area contributed by atoms with E-state index in [0.717, 1.165) is 58.8 Å². The normalized spacial score (nSPS) is 16.0. The SMILES string of the molecule is CCN1C(=O)C2(CCC2)c2c1cnc1ccc(-c3cnc(OCCNC)c(NS(C)(=O)=O)c3)cc21.Cl. The zero-order valence-corrected chi connectivity index (χ0v) is 22.1. The fourth-order valence-electron chi connectivity index (χ4n) is 5.10. The van der Waals surface area contributed by atoms with Crippen molar-refractivity contribution in [3.8, 4) is 17.0 Å². The van der Waals surface area contributed by atoms with Gasteiger partial charge in [0.15, 0.2) is 0 Å². The summed E-state index contributed by atoms with van der Waals surface area (Å²) in [6, 6.07) is 7.64. The fourth-order valence-corrected chi connectivity index (χ4v) is 5.65. The van der Waals surface area contributed by atoms with E-state index in [1.54, 1.807) is 12.3 Å². The highest BCUT2D eigenvalue weighted by molar-refractivity contribution is 7.92. The third-order valence-corrected chi connectivity index (χ3v) is 7.46. The molecular weight excluding hydrogens is 502 g/mol. The van der Waals surface area contributed by atoms with Gasteiger partial charge in [-0.05, 0) is 50.6 Å². The zero-order valence-electron chi connectivity index (χ0n) is 20.5. The molecule has 1 amide bonds. The van der Waals surface area contributed by atoms with Crippen LogP contribution in [0.5, 0.6) is 5.88 Å². The van der Waals surface area contributed by atoms with Gasteiger partial charge in [-0.25, -0.2) is 13.4 Å². The molecule has 2 aromatic heterocycles. The molecule has 0 saturated heterocycles. The maximum Gasteiger partial charge on any atom is 0.238 e. The van der Waals surface area contributed by atoms with Gasteiger partial charge in [0, 0.05) is 35.8 Å². The van der Waals surface area contributed by atoms with E-state index in [4.69, 9.17) is 4.74 Å². The fraction of sp³-hybridized carbons (Fsp3) is 0.400. The molecule has 36 heavy (non-hydrogen) atoms. The number of hydrogen-bond acceptors (Lipinski definition) is 7. The highest BCUT2D eigenvalue weighted by Gasteiger charge is 2.55. The van der Waals surface area contributed by atoms with E-state index < -0.39 is 15.4 Å². The molecule has 192 valence electrons. The van der Waals surface area contributed by atoms with Crippen LogP contribution < -0.4 is 19.7 Å². The third kappa shape index (κ3) is 4.38. The second-order valence-corrected chi connectivity index (χ2v) is 10.9. The summed E-state index contributed by atoms with van der Waals surface area (Å²) in [6.07, 6.45) is 7.31. The molecule has 2 aliphatic rings. The third-order valence-electron chi connectivity index (χ3n) is 6.87. The number of carbonyl (C=O) groups is 1. The Balaban J connectivity index is 0.00000304. The average molecular weight is 532 g/mol. The monoisotopic (exact) mass is 531 g/mol. The van der Waals surface area contributed by atoms with Crippen LogP contribution in [-0.4, -0.2) is 57.3 Å². The standard InChI is InChI=1S/C25H29N5O4S.ClH/c1-4-30-21-15-27-19-7-6-16(12-18(19)22(21)25(24(30)31)8-5-9-25)17-13-20(29-35(3,32)33)23(28-14-17)34-11-10-26-2;/h6-7,12-15,26,29H,4-5,8-11H2,1-3H3;1H. The van der Waals surface area contributed by atoms with Crippen molar-refractivity contribution in [2.75, 3.05) is 42.6 Å². The van der Waals surface area contributed by atoms with Gasteiger partial charge in [0.1, 0.15) is 12.3 Å². The smallest absolute Gasteiger partial charge is 0.238 e. The summed E-state index contributed by atoms with van der Waals surface area (Å²) in [4.78, 5) is 24.2. The molecule has 5 rings (SSSR count). The summed E-state index contributed by atoms with van der Waals surface area (Å²) in [5.74, 6) is 0.390. The summed E-state index contributed by atoms with van der Waals surface area (Å²) in [7, 11) is -1.73. The first-order valence-corrected chi connectivity index (χ1v) is 13.7.